The van der Waals surface area contributed by atoms with Gasteiger partial charge in [0.05, 0.1) is 12.6 Å². The van der Waals surface area contributed by atoms with Crippen molar-refractivity contribution in [2.24, 2.45) is 0 Å². The molecular formula is C17H21FN2O3. The number of imide groups is 1. The van der Waals surface area contributed by atoms with E-state index in [-0.39, 0.29) is 18.0 Å². The van der Waals surface area contributed by atoms with Crippen LogP contribution in [0.25, 0.3) is 0 Å². The maximum absolute atomic E-state index is 13.7. The molecule has 3 amide bonds. The lowest BCUT2D eigenvalue weighted by molar-refractivity contribution is -0.132. The number of hydrogen-bond donors (Lipinski definition) is 2. The first kappa shape index (κ1) is 15.9. The van der Waals surface area contributed by atoms with E-state index in [0.717, 1.165) is 30.6 Å². The molecule has 3 rings (SSSR count). The molecule has 1 aromatic rings. The van der Waals surface area contributed by atoms with Gasteiger partial charge in [-0.25, -0.2) is 9.18 Å². The van der Waals surface area contributed by atoms with Crippen molar-refractivity contribution < 1.29 is 19.1 Å². The first-order valence-electron chi connectivity index (χ1n) is 8.10. The lowest BCUT2D eigenvalue weighted by atomic mass is 9.90. The zero-order valence-corrected chi connectivity index (χ0v) is 12.9. The largest absolute Gasteiger partial charge is 0.386 e. The summed E-state index contributed by atoms with van der Waals surface area (Å²) in [5.41, 5.74) is -0.738. The summed E-state index contributed by atoms with van der Waals surface area (Å²) in [6.45, 7) is -0.229. The van der Waals surface area contributed by atoms with E-state index in [1.54, 1.807) is 6.07 Å². The number of aliphatic hydroxyl groups is 1. The average molecular weight is 320 g/mol. The van der Waals surface area contributed by atoms with E-state index in [1.807, 2.05) is 0 Å². The summed E-state index contributed by atoms with van der Waals surface area (Å²) in [6.07, 6.45) is 3.94. The fraction of sp³-hybridized carbons (Fsp3) is 0.529. The van der Waals surface area contributed by atoms with Crippen LogP contribution in [0.4, 0.5) is 9.18 Å². The second-order valence-electron chi connectivity index (χ2n) is 6.38. The Hall–Kier alpha value is -1.95. The Morgan fingerprint density at radius 1 is 1.17 bits per heavy atom. The summed E-state index contributed by atoms with van der Waals surface area (Å²) in [7, 11) is 0. The smallest absolute Gasteiger partial charge is 0.325 e. The molecule has 0 radical (unpaired) electrons. The summed E-state index contributed by atoms with van der Waals surface area (Å²) in [5, 5.41) is 13.0. The molecule has 2 N–H and O–H groups in total. The molecular weight excluding hydrogens is 299 g/mol. The van der Waals surface area contributed by atoms with Gasteiger partial charge in [0, 0.05) is 5.56 Å². The third kappa shape index (κ3) is 2.95. The molecule has 0 bridgehead atoms. The monoisotopic (exact) mass is 320 g/mol. The molecule has 23 heavy (non-hydrogen) atoms. The van der Waals surface area contributed by atoms with Gasteiger partial charge < -0.3 is 10.4 Å². The molecule has 2 aliphatic rings. The van der Waals surface area contributed by atoms with E-state index in [9.17, 15) is 19.1 Å². The molecule has 5 nitrogen and oxygen atoms in total. The molecule has 2 fully saturated rings. The molecule has 1 aromatic carbocycles. The first-order valence-corrected chi connectivity index (χ1v) is 8.10. The molecule has 0 aromatic heterocycles. The maximum Gasteiger partial charge on any atom is 0.325 e. The number of amides is 3. The van der Waals surface area contributed by atoms with Crippen LogP contribution >= 0.6 is 0 Å². The third-order valence-corrected chi connectivity index (χ3v) is 4.82. The average Bonchev–Trinajstić information content (AvgIpc) is 2.72. The molecule has 1 spiro atoms. The Balaban J connectivity index is 1.77. The second kappa shape index (κ2) is 6.28. The number of carbonyl (C=O) groups excluding carboxylic acids is 2. The highest BCUT2D eigenvalue weighted by Gasteiger charge is 2.51. The molecule has 1 aliphatic heterocycles. The van der Waals surface area contributed by atoms with Crippen LogP contribution in [0.1, 0.15) is 50.2 Å². The Labute approximate surface area is 134 Å². The topological polar surface area (TPSA) is 69.6 Å². The number of urea groups is 1. The third-order valence-electron chi connectivity index (χ3n) is 4.82. The van der Waals surface area contributed by atoms with Gasteiger partial charge in [0.1, 0.15) is 11.4 Å². The van der Waals surface area contributed by atoms with Crippen LogP contribution in [0, 0.1) is 5.82 Å². The molecule has 1 atom stereocenters. The highest BCUT2D eigenvalue weighted by Crippen LogP contribution is 2.33. The maximum atomic E-state index is 13.7. The molecule has 1 unspecified atom stereocenters. The van der Waals surface area contributed by atoms with Crippen LogP contribution in [-0.4, -0.2) is 34.0 Å². The Kier molecular flexibility index (Phi) is 4.35. The molecule has 1 saturated heterocycles. The summed E-state index contributed by atoms with van der Waals surface area (Å²) >= 11 is 0. The molecule has 1 heterocycles. The molecule has 6 heteroatoms. The van der Waals surface area contributed by atoms with Gasteiger partial charge in [-0.3, -0.25) is 9.69 Å². The zero-order chi connectivity index (χ0) is 16.4. The second-order valence-corrected chi connectivity index (χ2v) is 6.38. The fourth-order valence-corrected chi connectivity index (χ4v) is 3.53. The van der Waals surface area contributed by atoms with Crippen molar-refractivity contribution in [3.05, 3.63) is 35.6 Å². The van der Waals surface area contributed by atoms with E-state index in [0.29, 0.717) is 12.8 Å². The molecule has 124 valence electrons. The number of carbonyl (C=O) groups is 2. The highest BCUT2D eigenvalue weighted by molar-refractivity contribution is 6.07. The number of halogens is 1. The van der Waals surface area contributed by atoms with Crippen LogP contribution < -0.4 is 5.32 Å². The van der Waals surface area contributed by atoms with Crippen LogP contribution in [0.5, 0.6) is 0 Å². The van der Waals surface area contributed by atoms with Gasteiger partial charge in [0.2, 0.25) is 0 Å². The number of benzene rings is 1. The number of nitrogens with one attached hydrogen (secondary N) is 1. The van der Waals surface area contributed by atoms with E-state index in [2.05, 4.69) is 5.32 Å². The van der Waals surface area contributed by atoms with Crippen molar-refractivity contribution in [3.63, 3.8) is 0 Å². The predicted molar refractivity (Wildman–Crippen MR) is 82.0 cm³/mol. The van der Waals surface area contributed by atoms with Crippen LogP contribution in [0.15, 0.2) is 24.3 Å². The number of β-amino-alcohol motifs (C(OH)–C–C–N with tert-alkyl or cyclic N) is 1. The van der Waals surface area contributed by atoms with Crippen LogP contribution in [0.2, 0.25) is 0 Å². The SMILES string of the molecule is O=C1NC2(CCCCCC2)C(=O)N1CC(O)c1ccccc1F. The number of nitrogens with zero attached hydrogens (tertiary/aromatic N) is 1. The van der Waals surface area contributed by atoms with Crippen LogP contribution in [0.3, 0.4) is 0 Å². The number of rotatable bonds is 3. The van der Waals surface area contributed by atoms with E-state index >= 15 is 0 Å². The molecule has 1 aliphatic carbocycles. The van der Waals surface area contributed by atoms with Gasteiger partial charge in [0.25, 0.3) is 5.91 Å². The van der Waals surface area contributed by atoms with Crippen molar-refractivity contribution in [1.82, 2.24) is 10.2 Å². The van der Waals surface area contributed by atoms with Gasteiger partial charge in [-0.15, -0.1) is 0 Å². The van der Waals surface area contributed by atoms with Gasteiger partial charge in [0.15, 0.2) is 0 Å². The van der Waals surface area contributed by atoms with E-state index < -0.39 is 23.5 Å². The minimum absolute atomic E-state index is 0.0925. The summed E-state index contributed by atoms with van der Waals surface area (Å²) in [6, 6.07) is 5.35. The van der Waals surface area contributed by atoms with Crippen molar-refractivity contribution >= 4 is 11.9 Å². The Morgan fingerprint density at radius 3 is 2.48 bits per heavy atom. The minimum atomic E-state index is -1.23. The van der Waals surface area contributed by atoms with Crippen molar-refractivity contribution in [2.75, 3.05) is 6.54 Å². The van der Waals surface area contributed by atoms with E-state index in [1.165, 1.54) is 18.2 Å². The Morgan fingerprint density at radius 2 is 1.83 bits per heavy atom. The van der Waals surface area contributed by atoms with Gasteiger partial charge in [-0.05, 0) is 18.9 Å². The summed E-state index contributed by atoms with van der Waals surface area (Å²) in [5.74, 6) is -0.837. The zero-order valence-electron chi connectivity index (χ0n) is 12.9. The molecule has 1 saturated carbocycles. The van der Waals surface area contributed by atoms with Crippen LogP contribution in [-0.2, 0) is 4.79 Å². The van der Waals surface area contributed by atoms with Crippen molar-refractivity contribution in [3.8, 4) is 0 Å². The quantitative estimate of drug-likeness (QED) is 0.841. The standard InChI is InChI=1S/C17H21FN2O3/c18-13-8-4-3-7-12(13)14(21)11-20-15(22)17(19-16(20)23)9-5-1-2-6-10-17/h3-4,7-8,14,21H,1-2,5-6,9-11H2,(H,19,23). The van der Waals surface area contributed by atoms with Gasteiger partial charge in [-0.2, -0.15) is 0 Å². The summed E-state index contributed by atoms with van der Waals surface area (Å²) < 4.78 is 13.7. The van der Waals surface area contributed by atoms with Crippen molar-refractivity contribution in [2.45, 2.75) is 50.2 Å². The first-order chi connectivity index (χ1) is 11.0. The fourth-order valence-electron chi connectivity index (χ4n) is 3.53. The number of hydrogen-bond acceptors (Lipinski definition) is 3. The van der Waals surface area contributed by atoms with Crippen molar-refractivity contribution in [1.29, 1.82) is 0 Å². The summed E-state index contributed by atoms with van der Waals surface area (Å²) in [4.78, 5) is 26.0. The number of aliphatic hydroxyl groups excluding tert-OH is 1. The van der Waals surface area contributed by atoms with E-state index in [4.69, 9.17) is 0 Å². The normalized spacial score (nSPS) is 22.1. The Bertz CT molecular complexity index is 612. The highest BCUT2D eigenvalue weighted by atomic mass is 19.1. The minimum Gasteiger partial charge on any atom is -0.386 e. The predicted octanol–water partition coefficient (Wildman–Crippen LogP) is 2.50. The lowest BCUT2D eigenvalue weighted by Gasteiger charge is -2.25. The van der Waals surface area contributed by atoms with Gasteiger partial charge in [-0.1, -0.05) is 43.9 Å². The lowest BCUT2D eigenvalue weighted by Crippen LogP contribution is -2.46. The van der Waals surface area contributed by atoms with Gasteiger partial charge >= 0.3 is 6.03 Å².